The van der Waals surface area contributed by atoms with E-state index >= 15 is 0 Å². The van der Waals surface area contributed by atoms with Gasteiger partial charge in [0.1, 0.15) is 12.3 Å². The van der Waals surface area contributed by atoms with Crippen LogP contribution in [0, 0.1) is 10.1 Å². The molecule has 0 bridgehead atoms. The Morgan fingerprint density at radius 2 is 2.14 bits per heavy atom. The fourth-order valence-corrected chi connectivity index (χ4v) is 2.40. The Bertz CT molecular complexity index is 494. The van der Waals surface area contributed by atoms with E-state index in [-0.39, 0.29) is 5.82 Å². The number of rotatable bonds is 9. The van der Waals surface area contributed by atoms with E-state index in [2.05, 4.69) is 26.5 Å². The molecule has 0 unspecified atom stereocenters. The molecule has 1 rings (SSSR count). The van der Waals surface area contributed by atoms with Crippen LogP contribution < -0.4 is 11.1 Å². The topological polar surface area (TPSA) is 94.3 Å². The molecule has 1 aromatic heterocycles. The van der Waals surface area contributed by atoms with Crippen molar-refractivity contribution in [2.75, 3.05) is 33.4 Å². The first-order chi connectivity index (χ1) is 9.76. The van der Waals surface area contributed by atoms with Crippen molar-refractivity contribution < 1.29 is 13.8 Å². The smallest absolute Gasteiger partial charge is 0.273 e. The normalized spacial score (nSPS) is 12.4. The highest BCUT2D eigenvalue weighted by Gasteiger charge is 2.12. The summed E-state index contributed by atoms with van der Waals surface area (Å²) >= 11 is 1.68. The summed E-state index contributed by atoms with van der Waals surface area (Å²) in [4.78, 5) is 9.60. The molecular weight excluding hydrogens is 292 g/mol. The minimum absolute atomic E-state index is 0.0730. The van der Waals surface area contributed by atoms with Gasteiger partial charge in [-0.25, -0.2) is 0 Å². The second kappa shape index (κ2) is 7.94. The molecule has 0 spiro atoms. The van der Waals surface area contributed by atoms with E-state index in [1.807, 2.05) is 12.1 Å². The third-order valence-corrected chi connectivity index (χ3v) is 3.39. The predicted molar refractivity (Wildman–Crippen MR) is 83.9 cm³/mol. The van der Waals surface area contributed by atoms with Crippen molar-refractivity contribution in [2.24, 2.45) is 5.73 Å². The zero-order chi connectivity index (χ0) is 15.9. The second-order valence-electron chi connectivity index (χ2n) is 5.67. The van der Waals surface area contributed by atoms with Gasteiger partial charge in [0.2, 0.25) is 0 Å². The van der Waals surface area contributed by atoms with E-state index in [1.54, 1.807) is 11.8 Å². The Hall–Kier alpha value is -1.67. The zero-order valence-corrected chi connectivity index (χ0v) is 13.5. The molecule has 7 nitrogen and oxygen atoms in total. The number of nitrogens with one attached hydrogen (secondary N) is 1. The highest BCUT2D eigenvalue weighted by atomic mass is 32.2. The van der Waals surface area contributed by atoms with Gasteiger partial charge in [-0.2, -0.15) is 11.8 Å². The number of nitrogens with two attached hydrogens (primary N) is 1. The molecule has 0 amide bonds. The summed E-state index contributed by atoms with van der Waals surface area (Å²) in [5.41, 5.74) is 5.41. The number of hydrogen-bond donors (Lipinski definition) is 2. The summed E-state index contributed by atoms with van der Waals surface area (Å²) in [7, 11) is 6.35. The molecule has 8 heteroatoms. The lowest BCUT2D eigenvalue weighted by molar-refractivity contribution is -0.884. The van der Waals surface area contributed by atoms with Gasteiger partial charge in [-0.05, 0) is 12.1 Å². The van der Waals surface area contributed by atoms with Crippen LogP contribution in [0.4, 0.5) is 0 Å². The second-order valence-corrected chi connectivity index (χ2v) is 6.77. The number of hydrogen-bond acceptors (Lipinski definition) is 6. The molecule has 118 valence electrons. The quantitative estimate of drug-likeness (QED) is 0.309. The average molecular weight is 315 g/mol. The Labute approximate surface area is 128 Å². The van der Waals surface area contributed by atoms with Gasteiger partial charge in [-0.1, -0.05) is 0 Å². The Morgan fingerprint density at radius 3 is 2.76 bits per heavy atom. The standard InChI is InChI=1S/C13H23N4O3S/c1-17(2,3)9-11-4-5-12(20-11)10-21-7-6-15-13(14)8-16(18)19/h4-5,8,15H,6-7,9-10,14H2,1-3H3/q+1. The van der Waals surface area contributed by atoms with E-state index in [0.29, 0.717) is 6.54 Å². The van der Waals surface area contributed by atoms with E-state index in [9.17, 15) is 10.1 Å². The number of quaternary nitrogens is 1. The molecule has 3 N–H and O–H groups in total. The van der Waals surface area contributed by atoms with Crippen LogP contribution in [-0.2, 0) is 12.3 Å². The Kier molecular flexibility index (Phi) is 6.57. The van der Waals surface area contributed by atoms with E-state index in [1.165, 1.54) is 0 Å². The van der Waals surface area contributed by atoms with Gasteiger partial charge in [0.05, 0.1) is 31.8 Å². The lowest BCUT2D eigenvalue weighted by atomic mass is 10.4. The van der Waals surface area contributed by atoms with E-state index < -0.39 is 4.92 Å². The predicted octanol–water partition coefficient (Wildman–Crippen LogP) is 1.34. The molecule has 1 heterocycles. The maximum absolute atomic E-state index is 10.2. The number of nitro groups is 1. The molecule has 0 aliphatic rings. The highest BCUT2D eigenvalue weighted by Crippen LogP contribution is 2.17. The molecule has 0 saturated heterocycles. The van der Waals surface area contributed by atoms with Crippen LogP contribution in [0.5, 0.6) is 0 Å². The summed E-state index contributed by atoms with van der Waals surface area (Å²) < 4.78 is 6.58. The average Bonchev–Trinajstić information content (AvgIpc) is 2.72. The van der Waals surface area contributed by atoms with Crippen molar-refractivity contribution in [3.63, 3.8) is 0 Å². The van der Waals surface area contributed by atoms with Crippen molar-refractivity contribution in [1.82, 2.24) is 5.32 Å². The number of furan rings is 1. The van der Waals surface area contributed by atoms with Gasteiger partial charge in [0.15, 0.2) is 11.6 Å². The van der Waals surface area contributed by atoms with Crippen molar-refractivity contribution in [3.05, 3.63) is 45.8 Å². The molecule has 1 aromatic rings. The van der Waals surface area contributed by atoms with E-state index in [0.717, 1.165) is 40.3 Å². The van der Waals surface area contributed by atoms with Gasteiger partial charge < -0.3 is 20.0 Å². The van der Waals surface area contributed by atoms with Crippen LogP contribution in [0.2, 0.25) is 0 Å². The molecule has 0 aromatic carbocycles. The maximum atomic E-state index is 10.2. The fraction of sp³-hybridized carbons (Fsp3) is 0.538. The first-order valence-electron chi connectivity index (χ1n) is 6.57. The van der Waals surface area contributed by atoms with Crippen LogP contribution in [0.1, 0.15) is 11.5 Å². The molecule has 0 aliphatic carbocycles. The van der Waals surface area contributed by atoms with Crippen LogP contribution in [0.15, 0.2) is 28.6 Å². The van der Waals surface area contributed by atoms with Gasteiger partial charge >= 0.3 is 0 Å². The molecule has 21 heavy (non-hydrogen) atoms. The van der Waals surface area contributed by atoms with Gasteiger partial charge in [-0.3, -0.25) is 10.1 Å². The van der Waals surface area contributed by atoms with Crippen LogP contribution >= 0.6 is 11.8 Å². The van der Waals surface area contributed by atoms with Crippen molar-refractivity contribution in [3.8, 4) is 0 Å². The van der Waals surface area contributed by atoms with Crippen molar-refractivity contribution in [2.45, 2.75) is 12.3 Å². The molecule has 0 radical (unpaired) electrons. The molecule has 0 fully saturated rings. The Balaban J connectivity index is 2.23. The van der Waals surface area contributed by atoms with Gasteiger partial charge in [0.25, 0.3) is 6.20 Å². The first kappa shape index (κ1) is 17.4. The minimum atomic E-state index is -0.576. The first-order valence-corrected chi connectivity index (χ1v) is 7.72. The monoisotopic (exact) mass is 315 g/mol. The molecule has 0 aliphatic heterocycles. The summed E-state index contributed by atoms with van der Waals surface area (Å²) in [6.07, 6.45) is 0.758. The lowest BCUT2D eigenvalue weighted by Gasteiger charge is -2.22. The van der Waals surface area contributed by atoms with Crippen LogP contribution in [0.3, 0.4) is 0 Å². The molecule has 0 atom stereocenters. The van der Waals surface area contributed by atoms with E-state index in [4.69, 9.17) is 10.2 Å². The zero-order valence-electron chi connectivity index (χ0n) is 12.7. The van der Waals surface area contributed by atoms with Gasteiger partial charge in [-0.15, -0.1) is 0 Å². The van der Waals surface area contributed by atoms with Crippen LogP contribution in [-0.4, -0.2) is 42.8 Å². The lowest BCUT2D eigenvalue weighted by Crippen LogP contribution is -2.33. The Morgan fingerprint density at radius 1 is 1.48 bits per heavy atom. The summed E-state index contributed by atoms with van der Waals surface area (Å²) in [6.45, 7) is 1.43. The number of thioether (sulfide) groups is 1. The molecular formula is C13H23N4O3S+. The summed E-state index contributed by atoms with van der Waals surface area (Å²) in [6, 6.07) is 4.00. The SMILES string of the molecule is C[N+](C)(C)Cc1ccc(CSCCNC(N)=C[N+](=O)[O-])o1. The van der Waals surface area contributed by atoms with Gasteiger partial charge in [0, 0.05) is 12.3 Å². The molecule has 0 saturated carbocycles. The maximum Gasteiger partial charge on any atom is 0.273 e. The third kappa shape index (κ3) is 8.26. The summed E-state index contributed by atoms with van der Waals surface area (Å²) in [5.74, 6) is 3.56. The third-order valence-electron chi connectivity index (χ3n) is 2.41. The summed E-state index contributed by atoms with van der Waals surface area (Å²) in [5, 5.41) is 13.0. The fourth-order valence-electron chi connectivity index (χ4n) is 1.65. The van der Waals surface area contributed by atoms with Crippen LogP contribution in [0.25, 0.3) is 0 Å². The van der Waals surface area contributed by atoms with Crippen molar-refractivity contribution in [1.29, 1.82) is 0 Å². The largest absolute Gasteiger partial charge is 0.459 e. The highest BCUT2D eigenvalue weighted by molar-refractivity contribution is 7.98. The number of nitrogens with zero attached hydrogens (tertiary/aromatic N) is 2. The van der Waals surface area contributed by atoms with Crippen molar-refractivity contribution >= 4 is 11.8 Å². The minimum Gasteiger partial charge on any atom is -0.459 e.